The van der Waals surface area contributed by atoms with Gasteiger partial charge in [-0.1, -0.05) is 27.7 Å². The molecule has 0 saturated heterocycles. The van der Waals surface area contributed by atoms with Gasteiger partial charge in [0.2, 0.25) is 11.8 Å². The van der Waals surface area contributed by atoms with Crippen LogP contribution >= 0.6 is 0 Å². The maximum atomic E-state index is 11.3. The van der Waals surface area contributed by atoms with E-state index < -0.39 is 0 Å². The molecule has 0 bridgehead atoms. The molecule has 0 heterocycles. The zero-order valence-electron chi connectivity index (χ0n) is 12.1. The number of nitrogens with one attached hydrogen (secondary N) is 2. The van der Waals surface area contributed by atoms with Crippen LogP contribution in [0.2, 0.25) is 0 Å². The number of hydrazone groups is 2. The maximum Gasteiger partial charge on any atom is 0.240 e. The Labute approximate surface area is 114 Å². The summed E-state index contributed by atoms with van der Waals surface area (Å²) in [6.45, 7) is 7.88. The zero-order valence-corrected chi connectivity index (χ0v) is 12.1. The standard InChI is InChI=1S/C13H24N4O2/c1-10(2)8-14-16-12(18)6-5-7-13(19)17-15-9-11(3)4/h8-11H,5-7H2,1-4H3,(H,16,18)(H,17,19)/b14-8-,15-9-. The third-order valence-corrected chi connectivity index (χ3v) is 1.93. The molecule has 0 radical (unpaired) electrons. The highest BCUT2D eigenvalue weighted by atomic mass is 16.2. The molecule has 0 rings (SSSR count). The van der Waals surface area contributed by atoms with Gasteiger partial charge in [-0.2, -0.15) is 10.2 Å². The van der Waals surface area contributed by atoms with E-state index in [0.717, 1.165) is 0 Å². The lowest BCUT2D eigenvalue weighted by atomic mass is 10.2. The van der Waals surface area contributed by atoms with Crippen molar-refractivity contribution in [2.45, 2.75) is 47.0 Å². The average molecular weight is 268 g/mol. The number of amides is 2. The quantitative estimate of drug-likeness (QED) is 0.518. The third kappa shape index (κ3) is 12.5. The Hall–Kier alpha value is -1.72. The van der Waals surface area contributed by atoms with Crippen LogP contribution in [0, 0.1) is 11.8 Å². The molecule has 0 aliphatic rings. The van der Waals surface area contributed by atoms with Gasteiger partial charge in [-0.05, 0) is 18.3 Å². The van der Waals surface area contributed by atoms with Gasteiger partial charge < -0.3 is 0 Å². The molecular weight excluding hydrogens is 244 g/mol. The van der Waals surface area contributed by atoms with Gasteiger partial charge in [0.15, 0.2) is 0 Å². The first kappa shape index (κ1) is 17.3. The van der Waals surface area contributed by atoms with E-state index in [1.165, 1.54) is 0 Å². The number of carbonyl (C=O) groups is 2. The van der Waals surface area contributed by atoms with Gasteiger partial charge >= 0.3 is 0 Å². The van der Waals surface area contributed by atoms with Crippen LogP contribution < -0.4 is 10.9 Å². The van der Waals surface area contributed by atoms with Crippen LogP contribution in [-0.2, 0) is 9.59 Å². The number of hydrogen-bond acceptors (Lipinski definition) is 4. The van der Waals surface area contributed by atoms with E-state index in [1.54, 1.807) is 12.4 Å². The normalized spacial score (nSPS) is 11.7. The Bertz CT molecular complexity index is 304. The van der Waals surface area contributed by atoms with E-state index in [4.69, 9.17) is 0 Å². The van der Waals surface area contributed by atoms with Crippen LogP contribution in [0.15, 0.2) is 10.2 Å². The number of rotatable bonds is 8. The summed E-state index contributed by atoms with van der Waals surface area (Å²) in [5, 5.41) is 7.58. The van der Waals surface area contributed by atoms with E-state index in [2.05, 4.69) is 21.1 Å². The maximum absolute atomic E-state index is 11.3. The summed E-state index contributed by atoms with van der Waals surface area (Å²) in [6.07, 6.45) is 4.34. The molecule has 0 aromatic rings. The number of nitrogens with zero attached hydrogens (tertiary/aromatic N) is 2. The summed E-state index contributed by atoms with van der Waals surface area (Å²) in [7, 11) is 0. The SMILES string of the molecule is CC(C)/C=N\NC(=O)CCCC(=O)N/N=C\C(C)C. The van der Waals surface area contributed by atoms with Crippen LogP contribution in [0.1, 0.15) is 47.0 Å². The molecule has 0 aliphatic heterocycles. The number of carbonyl (C=O) groups excluding carboxylic acids is 2. The molecule has 19 heavy (non-hydrogen) atoms. The fourth-order valence-electron chi connectivity index (χ4n) is 1.04. The van der Waals surface area contributed by atoms with Gasteiger partial charge in [-0.3, -0.25) is 9.59 Å². The summed E-state index contributed by atoms with van der Waals surface area (Å²) in [5.74, 6) is 0.223. The van der Waals surface area contributed by atoms with Crippen molar-refractivity contribution in [3.05, 3.63) is 0 Å². The van der Waals surface area contributed by atoms with Crippen molar-refractivity contribution >= 4 is 24.2 Å². The summed E-state index contributed by atoms with van der Waals surface area (Å²) in [4.78, 5) is 22.6. The van der Waals surface area contributed by atoms with Crippen molar-refractivity contribution < 1.29 is 9.59 Å². The van der Waals surface area contributed by atoms with Crippen molar-refractivity contribution in [2.75, 3.05) is 0 Å². The minimum absolute atomic E-state index is 0.185. The smallest absolute Gasteiger partial charge is 0.240 e. The molecule has 0 atom stereocenters. The lowest BCUT2D eigenvalue weighted by molar-refractivity contribution is -0.122. The fourth-order valence-corrected chi connectivity index (χ4v) is 1.04. The molecule has 108 valence electrons. The topological polar surface area (TPSA) is 82.9 Å². The molecule has 0 aromatic heterocycles. The lowest BCUT2D eigenvalue weighted by Gasteiger charge is -2.01. The molecule has 0 aliphatic carbocycles. The summed E-state index contributed by atoms with van der Waals surface area (Å²) < 4.78 is 0. The van der Waals surface area contributed by atoms with E-state index in [-0.39, 0.29) is 24.7 Å². The monoisotopic (exact) mass is 268 g/mol. The second kappa shape index (κ2) is 10.2. The molecular formula is C13H24N4O2. The second-order valence-corrected chi connectivity index (χ2v) is 4.97. The summed E-state index contributed by atoms with van der Waals surface area (Å²) in [5.41, 5.74) is 4.83. The molecule has 2 amide bonds. The van der Waals surface area contributed by atoms with Crippen molar-refractivity contribution in [1.29, 1.82) is 0 Å². The highest BCUT2D eigenvalue weighted by Crippen LogP contribution is 1.95. The van der Waals surface area contributed by atoms with E-state index >= 15 is 0 Å². The molecule has 0 aromatic carbocycles. The Morgan fingerprint density at radius 2 is 1.26 bits per heavy atom. The number of hydrogen-bond donors (Lipinski definition) is 2. The minimum atomic E-state index is -0.185. The lowest BCUT2D eigenvalue weighted by Crippen LogP contribution is -2.20. The first-order valence-corrected chi connectivity index (χ1v) is 6.56. The molecule has 0 saturated carbocycles. The molecule has 6 heteroatoms. The van der Waals surface area contributed by atoms with Crippen molar-refractivity contribution in [3.8, 4) is 0 Å². The summed E-state index contributed by atoms with van der Waals surface area (Å²) >= 11 is 0. The van der Waals surface area contributed by atoms with Crippen LogP contribution in [0.4, 0.5) is 0 Å². The predicted molar refractivity (Wildman–Crippen MR) is 76.8 cm³/mol. The average Bonchev–Trinajstić information content (AvgIpc) is 2.27. The van der Waals surface area contributed by atoms with Crippen molar-refractivity contribution in [1.82, 2.24) is 10.9 Å². The molecule has 0 spiro atoms. The van der Waals surface area contributed by atoms with Gasteiger partial charge in [0.1, 0.15) is 0 Å². The first-order chi connectivity index (χ1) is 8.91. The summed E-state index contributed by atoms with van der Waals surface area (Å²) in [6, 6.07) is 0. The molecule has 6 nitrogen and oxygen atoms in total. The largest absolute Gasteiger partial charge is 0.273 e. The molecule has 2 N–H and O–H groups in total. The van der Waals surface area contributed by atoms with Gasteiger partial charge in [0.05, 0.1) is 0 Å². The second-order valence-electron chi connectivity index (χ2n) is 4.97. The van der Waals surface area contributed by atoms with Gasteiger partial charge in [0, 0.05) is 25.3 Å². The third-order valence-electron chi connectivity index (χ3n) is 1.93. The Kier molecular flexibility index (Phi) is 9.30. The van der Waals surface area contributed by atoms with E-state index in [9.17, 15) is 9.59 Å². The van der Waals surface area contributed by atoms with Gasteiger partial charge in [-0.15, -0.1) is 0 Å². The minimum Gasteiger partial charge on any atom is -0.273 e. The van der Waals surface area contributed by atoms with Crippen LogP contribution in [0.25, 0.3) is 0 Å². The van der Waals surface area contributed by atoms with Crippen molar-refractivity contribution in [2.24, 2.45) is 22.0 Å². The Morgan fingerprint density at radius 3 is 1.58 bits per heavy atom. The van der Waals surface area contributed by atoms with Gasteiger partial charge in [0.25, 0.3) is 0 Å². The highest BCUT2D eigenvalue weighted by Gasteiger charge is 2.03. The molecule has 0 unspecified atom stereocenters. The fraction of sp³-hybridized carbons (Fsp3) is 0.692. The highest BCUT2D eigenvalue weighted by molar-refractivity contribution is 5.79. The Balaban J connectivity index is 3.67. The Morgan fingerprint density at radius 1 is 0.895 bits per heavy atom. The van der Waals surface area contributed by atoms with Crippen LogP contribution in [0.5, 0.6) is 0 Å². The van der Waals surface area contributed by atoms with Crippen LogP contribution in [0.3, 0.4) is 0 Å². The van der Waals surface area contributed by atoms with E-state index in [0.29, 0.717) is 18.3 Å². The predicted octanol–water partition coefficient (Wildman–Crippen LogP) is 1.67. The van der Waals surface area contributed by atoms with Gasteiger partial charge in [-0.25, -0.2) is 10.9 Å². The molecule has 0 fully saturated rings. The first-order valence-electron chi connectivity index (χ1n) is 6.56. The van der Waals surface area contributed by atoms with Crippen molar-refractivity contribution in [3.63, 3.8) is 0 Å². The van der Waals surface area contributed by atoms with Crippen LogP contribution in [-0.4, -0.2) is 24.2 Å². The zero-order chi connectivity index (χ0) is 14.7. The van der Waals surface area contributed by atoms with E-state index in [1.807, 2.05) is 27.7 Å².